The third kappa shape index (κ3) is 2.66. The summed E-state index contributed by atoms with van der Waals surface area (Å²) in [5.41, 5.74) is 6.31. The number of aromatic nitrogens is 2. The molecule has 0 saturated carbocycles. The highest BCUT2D eigenvalue weighted by Gasteiger charge is 2.15. The van der Waals surface area contributed by atoms with Crippen LogP contribution in [0.1, 0.15) is 11.9 Å². The molecule has 90 valence electrons. The molecule has 17 heavy (non-hydrogen) atoms. The third-order valence-corrected chi connectivity index (χ3v) is 3.35. The molecular formula is C10H9BrClN3O2. The van der Waals surface area contributed by atoms with Crippen LogP contribution >= 0.6 is 27.5 Å². The minimum Gasteiger partial charge on any atom is -0.394 e. The van der Waals surface area contributed by atoms with Crippen LogP contribution in [0, 0.1) is 0 Å². The molecular weight excluding hydrogens is 309 g/mol. The van der Waals surface area contributed by atoms with Gasteiger partial charge < -0.3 is 15.4 Å². The maximum Gasteiger partial charge on any atom is 0.246 e. The van der Waals surface area contributed by atoms with Crippen molar-refractivity contribution in [3.05, 3.63) is 33.6 Å². The van der Waals surface area contributed by atoms with E-state index in [-0.39, 0.29) is 12.5 Å². The second kappa shape index (κ2) is 5.14. The Bertz CT molecular complexity index is 532. The molecule has 0 aliphatic heterocycles. The van der Waals surface area contributed by atoms with Crippen molar-refractivity contribution in [1.82, 2.24) is 10.1 Å². The van der Waals surface area contributed by atoms with Crippen molar-refractivity contribution in [2.24, 2.45) is 5.73 Å². The highest BCUT2D eigenvalue weighted by Crippen LogP contribution is 2.27. The van der Waals surface area contributed by atoms with Gasteiger partial charge in [-0.1, -0.05) is 16.8 Å². The average Bonchev–Trinajstić information content (AvgIpc) is 2.81. The Labute approximate surface area is 111 Å². The van der Waals surface area contributed by atoms with Crippen molar-refractivity contribution in [2.75, 3.05) is 6.61 Å². The van der Waals surface area contributed by atoms with E-state index in [1.807, 2.05) is 0 Å². The highest BCUT2D eigenvalue weighted by molar-refractivity contribution is 9.10. The zero-order valence-corrected chi connectivity index (χ0v) is 10.9. The molecule has 1 aromatic heterocycles. The van der Waals surface area contributed by atoms with E-state index in [1.54, 1.807) is 18.2 Å². The van der Waals surface area contributed by atoms with Gasteiger partial charge in [-0.2, -0.15) is 4.98 Å². The minimum absolute atomic E-state index is 0.202. The van der Waals surface area contributed by atoms with Crippen molar-refractivity contribution in [2.45, 2.75) is 6.04 Å². The predicted octanol–water partition coefficient (Wildman–Crippen LogP) is 2.14. The van der Waals surface area contributed by atoms with Gasteiger partial charge in [0.05, 0.1) is 11.6 Å². The second-order valence-electron chi connectivity index (χ2n) is 3.37. The second-order valence-corrected chi connectivity index (χ2v) is 4.64. The van der Waals surface area contributed by atoms with E-state index in [1.165, 1.54) is 0 Å². The van der Waals surface area contributed by atoms with Gasteiger partial charge in [-0.3, -0.25) is 0 Å². The number of benzene rings is 1. The summed E-state index contributed by atoms with van der Waals surface area (Å²) < 4.78 is 5.69. The van der Waals surface area contributed by atoms with Gasteiger partial charge in [0.25, 0.3) is 0 Å². The maximum absolute atomic E-state index is 8.87. The molecule has 0 aliphatic rings. The molecule has 0 spiro atoms. The van der Waals surface area contributed by atoms with Crippen LogP contribution in [-0.4, -0.2) is 21.9 Å². The van der Waals surface area contributed by atoms with Crippen LogP contribution in [0.25, 0.3) is 11.4 Å². The van der Waals surface area contributed by atoms with E-state index < -0.39 is 6.04 Å². The fourth-order valence-electron chi connectivity index (χ4n) is 1.22. The first-order valence-corrected chi connectivity index (χ1v) is 5.94. The van der Waals surface area contributed by atoms with E-state index in [2.05, 4.69) is 26.1 Å². The average molecular weight is 319 g/mol. The molecule has 0 fully saturated rings. The molecule has 0 amide bonds. The lowest BCUT2D eigenvalue weighted by Crippen LogP contribution is -2.14. The van der Waals surface area contributed by atoms with Gasteiger partial charge in [-0.05, 0) is 34.1 Å². The zero-order valence-electron chi connectivity index (χ0n) is 8.60. The van der Waals surface area contributed by atoms with Crippen LogP contribution in [0.2, 0.25) is 5.02 Å². The highest BCUT2D eigenvalue weighted by atomic mass is 79.9. The number of aliphatic hydroxyl groups excluding tert-OH is 1. The predicted molar refractivity (Wildman–Crippen MR) is 66.5 cm³/mol. The Morgan fingerprint density at radius 1 is 1.53 bits per heavy atom. The molecule has 0 aliphatic carbocycles. The Kier molecular flexibility index (Phi) is 3.78. The van der Waals surface area contributed by atoms with Crippen molar-refractivity contribution in [3.8, 4) is 11.4 Å². The number of halogens is 2. The molecule has 0 bridgehead atoms. The summed E-state index contributed by atoms with van der Waals surface area (Å²) in [5, 5.41) is 13.3. The van der Waals surface area contributed by atoms with Crippen LogP contribution in [0.15, 0.2) is 27.2 Å². The van der Waals surface area contributed by atoms with Gasteiger partial charge in [-0.15, -0.1) is 0 Å². The van der Waals surface area contributed by atoms with Crippen LogP contribution in [0.5, 0.6) is 0 Å². The molecule has 2 rings (SSSR count). The normalized spacial score (nSPS) is 12.7. The number of nitrogens with two attached hydrogens (primary N) is 1. The molecule has 1 unspecified atom stereocenters. The van der Waals surface area contributed by atoms with Crippen LogP contribution < -0.4 is 5.73 Å². The van der Waals surface area contributed by atoms with Crippen LogP contribution in [0.3, 0.4) is 0 Å². The molecule has 3 N–H and O–H groups in total. The van der Waals surface area contributed by atoms with Crippen LogP contribution in [0.4, 0.5) is 0 Å². The summed E-state index contributed by atoms with van der Waals surface area (Å²) in [7, 11) is 0. The van der Waals surface area contributed by atoms with Gasteiger partial charge >= 0.3 is 0 Å². The molecule has 2 aromatic rings. The van der Waals surface area contributed by atoms with Gasteiger partial charge in [0.1, 0.15) is 6.04 Å². The maximum atomic E-state index is 8.87. The van der Waals surface area contributed by atoms with E-state index in [0.29, 0.717) is 10.8 Å². The minimum atomic E-state index is -0.660. The van der Waals surface area contributed by atoms with Crippen molar-refractivity contribution in [3.63, 3.8) is 0 Å². The molecule has 0 saturated heterocycles. The Morgan fingerprint density at radius 2 is 2.29 bits per heavy atom. The molecule has 1 atom stereocenters. The summed E-state index contributed by atoms with van der Waals surface area (Å²) in [4.78, 5) is 4.10. The van der Waals surface area contributed by atoms with Gasteiger partial charge in [0.2, 0.25) is 11.7 Å². The fourth-order valence-corrected chi connectivity index (χ4v) is 1.71. The number of rotatable bonds is 3. The molecule has 5 nitrogen and oxygen atoms in total. The number of hydrogen-bond donors (Lipinski definition) is 2. The Morgan fingerprint density at radius 3 is 2.94 bits per heavy atom. The first-order chi connectivity index (χ1) is 8.11. The third-order valence-electron chi connectivity index (χ3n) is 2.13. The summed E-state index contributed by atoms with van der Waals surface area (Å²) >= 11 is 9.19. The standard InChI is InChI=1S/C10H9BrClN3O2/c11-6-3-5(1-2-7(6)12)9-14-10(17-15-9)8(13)4-16/h1-3,8,16H,4,13H2. The largest absolute Gasteiger partial charge is 0.394 e. The number of hydrogen-bond acceptors (Lipinski definition) is 5. The first kappa shape index (κ1) is 12.5. The monoisotopic (exact) mass is 317 g/mol. The van der Waals surface area contributed by atoms with Gasteiger partial charge in [0.15, 0.2) is 0 Å². The topological polar surface area (TPSA) is 85.2 Å². The summed E-state index contributed by atoms with van der Waals surface area (Å²) in [6, 6.07) is 4.61. The first-order valence-electron chi connectivity index (χ1n) is 4.77. The fraction of sp³-hybridized carbons (Fsp3) is 0.200. The van der Waals surface area contributed by atoms with Crippen LogP contribution in [-0.2, 0) is 0 Å². The summed E-state index contributed by atoms with van der Waals surface area (Å²) in [6.45, 7) is -0.244. The van der Waals surface area contributed by atoms with E-state index in [0.717, 1.165) is 10.0 Å². The van der Waals surface area contributed by atoms with E-state index >= 15 is 0 Å². The molecule has 0 radical (unpaired) electrons. The van der Waals surface area contributed by atoms with E-state index in [9.17, 15) is 0 Å². The molecule has 7 heteroatoms. The number of nitrogens with zero attached hydrogens (tertiary/aromatic N) is 2. The van der Waals surface area contributed by atoms with Crippen molar-refractivity contribution < 1.29 is 9.63 Å². The zero-order chi connectivity index (χ0) is 12.4. The van der Waals surface area contributed by atoms with Gasteiger partial charge in [-0.25, -0.2) is 0 Å². The lowest BCUT2D eigenvalue weighted by Gasteiger charge is -1.99. The molecule has 1 heterocycles. The van der Waals surface area contributed by atoms with Gasteiger partial charge in [0, 0.05) is 10.0 Å². The van der Waals surface area contributed by atoms with Crippen molar-refractivity contribution in [1.29, 1.82) is 0 Å². The lowest BCUT2D eigenvalue weighted by atomic mass is 10.2. The Hall–Kier alpha value is -0.950. The molecule has 1 aromatic carbocycles. The number of aliphatic hydroxyl groups is 1. The SMILES string of the molecule is NC(CO)c1nc(-c2ccc(Cl)c(Br)c2)no1. The summed E-state index contributed by atoms with van der Waals surface area (Å²) in [6.07, 6.45) is 0. The quantitative estimate of drug-likeness (QED) is 0.905. The van der Waals surface area contributed by atoms with Crippen molar-refractivity contribution >= 4 is 27.5 Å². The Balaban J connectivity index is 2.33. The summed E-state index contributed by atoms with van der Waals surface area (Å²) in [5.74, 6) is 0.606. The lowest BCUT2D eigenvalue weighted by molar-refractivity contribution is 0.237. The van der Waals surface area contributed by atoms with E-state index in [4.69, 9.17) is 27.0 Å². The smallest absolute Gasteiger partial charge is 0.246 e.